The molecule has 0 saturated heterocycles. The summed E-state index contributed by atoms with van der Waals surface area (Å²) in [5.74, 6) is -0.927. The fourth-order valence-electron chi connectivity index (χ4n) is 8.96. The van der Waals surface area contributed by atoms with E-state index in [-0.39, 0.29) is 31.1 Å². The average Bonchev–Trinajstić information content (AvgIpc) is 3.46. The van der Waals surface area contributed by atoms with E-state index in [0.717, 1.165) is 141 Å². The zero-order valence-corrected chi connectivity index (χ0v) is 52.0. The number of esters is 3. The largest absolute Gasteiger partial charge is 0.462 e. The van der Waals surface area contributed by atoms with E-state index in [1.807, 2.05) is 0 Å². The van der Waals surface area contributed by atoms with Crippen molar-refractivity contribution >= 4 is 17.9 Å². The highest BCUT2D eigenvalue weighted by molar-refractivity contribution is 5.71. The van der Waals surface area contributed by atoms with Crippen LogP contribution in [0.5, 0.6) is 0 Å². The van der Waals surface area contributed by atoms with E-state index in [9.17, 15) is 14.4 Å². The molecule has 0 radical (unpaired) electrons. The van der Waals surface area contributed by atoms with Gasteiger partial charge in [-0.1, -0.05) is 276 Å². The zero-order valence-electron chi connectivity index (χ0n) is 52.0. The van der Waals surface area contributed by atoms with E-state index in [4.69, 9.17) is 14.2 Å². The fourth-order valence-corrected chi connectivity index (χ4v) is 8.96. The molecule has 6 nitrogen and oxygen atoms in total. The van der Waals surface area contributed by atoms with Crippen molar-refractivity contribution in [2.75, 3.05) is 13.2 Å². The second-order valence-electron chi connectivity index (χ2n) is 21.6. The number of hydrogen-bond donors (Lipinski definition) is 0. The minimum Gasteiger partial charge on any atom is -0.462 e. The number of carbonyl (C=O) groups excluding carboxylic acids is 3. The van der Waals surface area contributed by atoms with Crippen molar-refractivity contribution in [3.8, 4) is 0 Å². The van der Waals surface area contributed by atoms with Gasteiger partial charge in [-0.15, -0.1) is 0 Å². The number of allylic oxidation sites excluding steroid dienone is 22. The molecule has 0 fully saturated rings. The molecule has 0 spiro atoms. The number of ether oxygens (including phenoxy) is 3. The summed E-state index contributed by atoms with van der Waals surface area (Å²) in [6, 6.07) is 0. The van der Waals surface area contributed by atoms with Gasteiger partial charge in [0.15, 0.2) is 6.10 Å². The molecule has 0 N–H and O–H groups in total. The molecule has 0 aliphatic heterocycles. The number of carbonyl (C=O) groups is 3. The lowest BCUT2D eigenvalue weighted by Crippen LogP contribution is -2.30. The molecule has 1 atom stereocenters. The van der Waals surface area contributed by atoms with Crippen LogP contribution in [0.2, 0.25) is 0 Å². The Morgan fingerprint density at radius 2 is 0.487 bits per heavy atom. The summed E-state index contributed by atoms with van der Waals surface area (Å²) in [6.07, 6.45) is 94.6. The average molecular weight is 1110 g/mol. The van der Waals surface area contributed by atoms with Crippen molar-refractivity contribution in [2.24, 2.45) is 0 Å². The SMILES string of the molecule is CC/C=C\C/C=C\C/C=C\C/C=C\C/C=C\C/C=C\CCCCCCCCCCCCC(=O)OCC(COC(=O)CCCCCCC/C=C\CCCCCCCCC)OC(=O)CCCCCC/C=C\C/C=C\C/C=C\C/C=C\CC. The second kappa shape index (κ2) is 67.1. The molecule has 1 unspecified atom stereocenters. The Morgan fingerprint density at radius 3 is 0.775 bits per heavy atom. The van der Waals surface area contributed by atoms with Crippen LogP contribution in [0.25, 0.3) is 0 Å². The van der Waals surface area contributed by atoms with Crippen LogP contribution in [-0.2, 0) is 28.6 Å². The third-order valence-corrected chi connectivity index (χ3v) is 13.9. The summed E-state index contributed by atoms with van der Waals surface area (Å²) >= 11 is 0. The molecular formula is C74H122O6. The van der Waals surface area contributed by atoms with Crippen molar-refractivity contribution in [1.29, 1.82) is 0 Å². The maximum absolute atomic E-state index is 12.9. The van der Waals surface area contributed by atoms with Crippen molar-refractivity contribution in [1.82, 2.24) is 0 Å². The Balaban J connectivity index is 4.37. The third kappa shape index (κ3) is 64.4. The van der Waals surface area contributed by atoms with Crippen LogP contribution in [0.4, 0.5) is 0 Å². The van der Waals surface area contributed by atoms with Gasteiger partial charge >= 0.3 is 17.9 Å². The Hall–Kier alpha value is -4.45. The first-order chi connectivity index (χ1) is 39.5. The van der Waals surface area contributed by atoms with Gasteiger partial charge in [0.25, 0.3) is 0 Å². The van der Waals surface area contributed by atoms with Crippen LogP contribution in [0.3, 0.4) is 0 Å². The van der Waals surface area contributed by atoms with Gasteiger partial charge in [-0.3, -0.25) is 14.4 Å². The van der Waals surface area contributed by atoms with Crippen LogP contribution in [0.15, 0.2) is 134 Å². The maximum atomic E-state index is 12.9. The quantitative estimate of drug-likeness (QED) is 0.0261. The highest BCUT2D eigenvalue weighted by Gasteiger charge is 2.19. The summed E-state index contributed by atoms with van der Waals surface area (Å²) in [7, 11) is 0. The van der Waals surface area contributed by atoms with E-state index in [0.29, 0.717) is 19.3 Å². The van der Waals surface area contributed by atoms with Crippen LogP contribution >= 0.6 is 0 Å². The minimum absolute atomic E-state index is 0.0956. The van der Waals surface area contributed by atoms with Crippen molar-refractivity contribution in [3.63, 3.8) is 0 Å². The van der Waals surface area contributed by atoms with Gasteiger partial charge in [-0.05, 0) is 135 Å². The summed E-state index contributed by atoms with van der Waals surface area (Å²) < 4.78 is 16.9. The predicted octanol–water partition coefficient (Wildman–Crippen LogP) is 22.9. The molecule has 6 heteroatoms. The van der Waals surface area contributed by atoms with Gasteiger partial charge in [0, 0.05) is 19.3 Å². The summed E-state index contributed by atoms with van der Waals surface area (Å²) in [4.78, 5) is 38.4. The van der Waals surface area contributed by atoms with E-state index < -0.39 is 6.10 Å². The Kier molecular flexibility index (Phi) is 63.3. The van der Waals surface area contributed by atoms with Gasteiger partial charge in [0.2, 0.25) is 0 Å². The molecule has 0 heterocycles. The molecule has 80 heavy (non-hydrogen) atoms. The highest BCUT2D eigenvalue weighted by Crippen LogP contribution is 2.15. The van der Waals surface area contributed by atoms with Crippen LogP contribution in [0, 0.1) is 0 Å². The van der Waals surface area contributed by atoms with Crippen molar-refractivity contribution < 1.29 is 28.6 Å². The van der Waals surface area contributed by atoms with Crippen molar-refractivity contribution in [2.45, 2.75) is 303 Å². The molecule has 0 aliphatic rings. The van der Waals surface area contributed by atoms with E-state index >= 15 is 0 Å². The van der Waals surface area contributed by atoms with Crippen LogP contribution in [0.1, 0.15) is 297 Å². The first-order valence-electron chi connectivity index (χ1n) is 33.2. The standard InChI is InChI=1S/C74H122O6/c1-4-7-10-13-16-19-22-25-28-31-32-33-34-35-36-37-38-39-40-41-42-44-46-49-52-55-58-61-64-67-73(76)79-70-71(69-78-72(75)66-63-60-57-54-51-48-45-30-27-24-21-18-15-12-9-6-3)80-74(77)68-65-62-59-56-53-50-47-43-29-26-23-20-17-14-11-8-5-2/h7-8,10-11,16-17,19-20,25-26,28-30,32-33,35-36,38-39,45,47,50,71H,4-6,9,12-15,18,21-24,27,31,34,37,40-44,46,48-49,51-70H2,1-3H3/b10-7-,11-8-,19-16-,20-17-,28-25-,29-26-,33-32-,36-35-,39-38-,45-30-,50-47-. The molecule has 0 aromatic rings. The first-order valence-corrected chi connectivity index (χ1v) is 33.2. The van der Waals surface area contributed by atoms with E-state index in [2.05, 4.69) is 154 Å². The fraction of sp³-hybridized carbons (Fsp3) is 0.662. The van der Waals surface area contributed by atoms with Crippen LogP contribution < -0.4 is 0 Å². The number of hydrogen-bond acceptors (Lipinski definition) is 6. The molecule has 0 aromatic carbocycles. The molecule has 0 saturated carbocycles. The normalized spacial score (nSPS) is 13.0. The lowest BCUT2D eigenvalue weighted by Gasteiger charge is -2.18. The molecule has 0 rings (SSSR count). The maximum Gasteiger partial charge on any atom is 0.306 e. The topological polar surface area (TPSA) is 78.9 Å². The molecular weight excluding hydrogens is 985 g/mol. The molecule has 0 bridgehead atoms. The zero-order chi connectivity index (χ0) is 57.8. The summed E-state index contributed by atoms with van der Waals surface area (Å²) in [6.45, 7) is 6.39. The van der Waals surface area contributed by atoms with E-state index in [1.54, 1.807) is 0 Å². The van der Waals surface area contributed by atoms with Gasteiger partial charge in [0.05, 0.1) is 0 Å². The molecule has 454 valence electrons. The molecule has 0 aromatic heterocycles. The van der Waals surface area contributed by atoms with Gasteiger partial charge in [-0.25, -0.2) is 0 Å². The first kappa shape index (κ1) is 75.5. The van der Waals surface area contributed by atoms with Gasteiger partial charge < -0.3 is 14.2 Å². The third-order valence-electron chi connectivity index (χ3n) is 13.9. The number of rotatable bonds is 59. The van der Waals surface area contributed by atoms with Gasteiger partial charge in [0.1, 0.15) is 13.2 Å². The summed E-state index contributed by atoms with van der Waals surface area (Å²) in [5.41, 5.74) is 0. The highest BCUT2D eigenvalue weighted by atomic mass is 16.6. The Morgan fingerprint density at radius 1 is 0.263 bits per heavy atom. The minimum atomic E-state index is -0.802. The lowest BCUT2D eigenvalue weighted by atomic mass is 10.1. The molecule has 0 amide bonds. The van der Waals surface area contributed by atoms with Gasteiger partial charge in [-0.2, -0.15) is 0 Å². The van der Waals surface area contributed by atoms with Crippen LogP contribution in [-0.4, -0.2) is 37.2 Å². The Labute approximate surface area is 494 Å². The molecule has 0 aliphatic carbocycles. The summed E-state index contributed by atoms with van der Waals surface area (Å²) in [5, 5.41) is 0. The van der Waals surface area contributed by atoms with Crippen molar-refractivity contribution in [3.05, 3.63) is 134 Å². The number of unbranched alkanes of at least 4 members (excludes halogenated alkanes) is 26. The van der Waals surface area contributed by atoms with E-state index in [1.165, 1.54) is 116 Å². The Bertz CT molecular complexity index is 1700. The predicted molar refractivity (Wildman–Crippen MR) is 348 cm³/mol. The monoisotopic (exact) mass is 1110 g/mol. The smallest absolute Gasteiger partial charge is 0.306 e. The lowest BCUT2D eigenvalue weighted by molar-refractivity contribution is -0.167. The second-order valence-corrected chi connectivity index (χ2v) is 21.6.